The van der Waals surface area contributed by atoms with Crippen LogP contribution in [0.5, 0.6) is 0 Å². The molecule has 0 bridgehead atoms. The third-order valence-electron chi connectivity index (χ3n) is 2.28. The average molecular weight is 186 g/mol. The van der Waals surface area contributed by atoms with E-state index in [-0.39, 0.29) is 30.9 Å². The highest BCUT2D eigenvalue weighted by molar-refractivity contribution is 5.87. The van der Waals surface area contributed by atoms with Gasteiger partial charge < -0.3 is 14.2 Å². The van der Waals surface area contributed by atoms with Gasteiger partial charge in [-0.3, -0.25) is 4.79 Å². The molecule has 4 heteroatoms. The summed E-state index contributed by atoms with van der Waals surface area (Å²) in [4.78, 5) is 11.0. The van der Waals surface area contributed by atoms with Crippen molar-refractivity contribution in [2.45, 2.75) is 38.3 Å². The summed E-state index contributed by atoms with van der Waals surface area (Å²) in [6.45, 7) is 2.92. The van der Waals surface area contributed by atoms with Gasteiger partial charge >= 0.3 is 0 Å². The molecule has 2 heterocycles. The minimum atomic E-state index is -0.311. The number of hydrogen-bond acceptors (Lipinski definition) is 4. The molecule has 2 aliphatic heterocycles. The molecule has 0 amide bonds. The molecule has 3 atom stereocenters. The summed E-state index contributed by atoms with van der Waals surface area (Å²) in [6, 6.07) is 0. The van der Waals surface area contributed by atoms with Gasteiger partial charge in [0.15, 0.2) is 12.1 Å². The van der Waals surface area contributed by atoms with E-state index in [1.54, 1.807) is 0 Å². The maximum Gasteiger partial charge on any atom is 0.190 e. The Kier molecular flexibility index (Phi) is 2.62. The molecule has 13 heavy (non-hydrogen) atoms. The quantitative estimate of drug-likeness (QED) is 0.473. The number of fused-ring (bicyclic) bond motifs is 1. The van der Waals surface area contributed by atoms with E-state index in [0.717, 1.165) is 12.8 Å². The zero-order valence-corrected chi connectivity index (χ0v) is 7.69. The lowest BCUT2D eigenvalue weighted by atomic mass is 10.2. The molecular formula is C9H14O4. The van der Waals surface area contributed by atoms with Gasteiger partial charge in [0.05, 0.1) is 0 Å². The van der Waals surface area contributed by atoms with Gasteiger partial charge in [0.2, 0.25) is 0 Å². The maximum absolute atomic E-state index is 11.0. The third kappa shape index (κ3) is 1.90. The zero-order chi connectivity index (χ0) is 9.26. The van der Waals surface area contributed by atoms with Crippen molar-refractivity contribution in [3.8, 4) is 0 Å². The number of unbranched alkanes of at least 4 members (excludes halogenated alkanes) is 1. The molecule has 0 radical (unpaired) electrons. The SMILES string of the molecule is CCCCOC1OCC(=O)C2OC12. The van der Waals surface area contributed by atoms with E-state index in [9.17, 15) is 4.79 Å². The zero-order valence-electron chi connectivity index (χ0n) is 7.69. The van der Waals surface area contributed by atoms with Crippen LogP contribution < -0.4 is 0 Å². The van der Waals surface area contributed by atoms with E-state index in [1.165, 1.54) is 0 Å². The van der Waals surface area contributed by atoms with Crippen molar-refractivity contribution < 1.29 is 19.0 Å². The van der Waals surface area contributed by atoms with Crippen LogP contribution in [-0.4, -0.2) is 37.5 Å². The van der Waals surface area contributed by atoms with Gasteiger partial charge in [-0.1, -0.05) is 13.3 Å². The summed E-state index contributed by atoms with van der Waals surface area (Å²) in [6.07, 6.45) is 1.44. The molecule has 2 rings (SSSR count). The summed E-state index contributed by atoms with van der Waals surface area (Å²) >= 11 is 0. The predicted molar refractivity (Wildman–Crippen MR) is 44.3 cm³/mol. The molecule has 0 spiro atoms. The second-order valence-electron chi connectivity index (χ2n) is 3.39. The second kappa shape index (κ2) is 3.74. The fourth-order valence-corrected chi connectivity index (χ4v) is 1.42. The number of carbonyl (C=O) groups excluding carboxylic acids is 1. The van der Waals surface area contributed by atoms with Gasteiger partial charge in [0.1, 0.15) is 18.8 Å². The first kappa shape index (κ1) is 9.12. The normalized spacial score (nSPS) is 37.3. The summed E-state index contributed by atoms with van der Waals surface area (Å²) in [5, 5.41) is 0. The molecule has 0 N–H and O–H groups in total. The highest BCUT2D eigenvalue weighted by Crippen LogP contribution is 2.32. The topological polar surface area (TPSA) is 48.1 Å². The van der Waals surface area contributed by atoms with Crippen LogP contribution in [0.2, 0.25) is 0 Å². The molecule has 2 fully saturated rings. The molecule has 2 saturated heterocycles. The van der Waals surface area contributed by atoms with Crippen molar-refractivity contribution in [1.82, 2.24) is 0 Å². The lowest BCUT2D eigenvalue weighted by Crippen LogP contribution is -2.36. The fraction of sp³-hybridized carbons (Fsp3) is 0.889. The fourth-order valence-electron chi connectivity index (χ4n) is 1.42. The number of ether oxygens (including phenoxy) is 3. The molecule has 3 unspecified atom stereocenters. The first-order valence-electron chi connectivity index (χ1n) is 4.74. The largest absolute Gasteiger partial charge is 0.356 e. The molecule has 0 aliphatic carbocycles. The van der Waals surface area contributed by atoms with Crippen LogP contribution in [0.25, 0.3) is 0 Å². The Labute approximate surface area is 77.1 Å². The van der Waals surface area contributed by atoms with Gasteiger partial charge in [0.25, 0.3) is 0 Å². The number of rotatable bonds is 4. The van der Waals surface area contributed by atoms with Gasteiger partial charge in [-0.25, -0.2) is 0 Å². The van der Waals surface area contributed by atoms with Gasteiger partial charge in [-0.05, 0) is 6.42 Å². The van der Waals surface area contributed by atoms with Crippen LogP contribution in [0.3, 0.4) is 0 Å². The number of carbonyl (C=O) groups is 1. The molecule has 2 aliphatic rings. The van der Waals surface area contributed by atoms with Crippen molar-refractivity contribution in [3.05, 3.63) is 0 Å². The first-order chi connectivity index (χ1) is 6.33. The number of hydrogen-bond donors (Lipinski definition) is 0. The van der Waals surface area contributed by atoms with Crippen molar-refractivity contribution in [3.63, 3.8) is 0 Å². The van der Waals surface area contributed by atoms with Crippen molar-refractivity contribution in [1.29, 1.82) is 0 Å². The summed E-state index contributed by atoms with van der Waals surface area (Å²) in [7, 11) is 0. The highest BCUT2D eigenvalue weighted by Gasteiger charge is 2.54. The summed E-state index contributed by atoms with van der Waals surface area (Å²) < 4.78 is 15.8. The molecule has 4 nitrogen and oxygen atoms in total. The highest BCUT2D eigenvalue weighted by atomic mass is 16.7. The van der Waals surface area contributed by atoms with Crippen molar-refractivity contribution in [2.24, 2.45) is 0 Å². The minimum Gasteiger partial charge on any atom is -0.356 e. The molecule has 74 valence electrons. The van der Waals surface area contributed by atoms with Crippen LogP contribution >= 0.6 is 0 Å². The van der Waals surface area contributed by atoms with E-state index in [0.29, 0.717) is 6.61 Å². The minimum absolute atomic E-state index is 0.0420. The van der Waals surface area contributed by atoms with Crippen LogP contribution in [0.15, 0.2) is 0 Å². The third-order valence-corrected chi connectivity index (χ3v) is 2.28. The standard InChI is InChI=1S/C9H14O4/c1-2-3-4-11-9-8-7(13-8)6(10)5-12-9/h7-9H,2-5H2,1H3. The van der Waals surface area contributed by atoms with E-state index in [2.05, 4.69) is 6.92 Å². The van der Waals surface area contributed by atoms with E-state index in [4.69, 9.17) is 14.2 Å². The number of ketones is 1. The average Bonchev–Trinajstić information content (AvgIpc) is 2.89. The Morgan fingerprint density at radius 3 is 3.23 bits per heavy atom. The Morgan fingerprint density at radius 1 is 1.62 bits per heavy atom. The maximum atomic E-state index is 11.0. The molecule has 0 aromatic carbocycles. The van der Waals surface area contributed by atoms with Crippen LogP contribution in [0.4, 0.5) is 0 Å². The van der Waals surface area contributed by atoms with Crippen molar-refractivity contribution in [2.75, 3.05) is 13.2 Å². The summed E-state index contributed by atoms with van der Waals surface area (Å²) in [5.41, 5.74) is 0. The Balaban J connectivity index is 1.73. The van der Waals surface area contributed by atoms with E-state index < -0.39 is 0 Å². The van der Waals surface area contributed by atoms with Gasteiger partial charge in [-0.15, -0.1) is 0 Å². The molecule has 0 saturated carbocycles. The van der Waals surface area contributed by atoms with E-state index in [1.807, 2.05) is 0 Å². The smallest absolute Gasteiger partial charge is 0.190 e. The van der Waals surface area contributed by atoms with E-state index >= 15 is 0 Å². The van der Waals surface area contributed by atoms with Crippen molar-refractivity contribution >= 4 is 5.78 Å². The lowest BCUT2D eigenvalue weighted by molar-refractivity contribution is -0.168. The number of epoxide rings is 1. The Bertz CT molecular complexity index is 204. The molecular weight excluding hydrogens is 172 g/mol. The second-order valence-corrected chi connectivity index (χ2v) is 3.39. The lowest BCUT2D eigenvalue weighted by Gasteiger charge is -2.18. The Morgan fingerprint density at radius 2 is 2.46 bits per heavy atom. The van der Waals surface area contributed by atoms with Crippen LogP contribution in [0, 0.1) is 0 Å². The van der Waals surface area contributed by atoms with Crippen LogP contribution in [-0.2, 0) is 19.0 Å². The van der Waals surface area contributed by atoms with Gasteiger partial charge in [0, 0.05) is 6.61 Å². The monoisotopic (exact) mass is 186 g/mol. The summed E-state index contributed by atoms with van der Waals surface area (Å²) in [5.74, 6) is 0.0420. The molecule has 0 aromatic rings. The number of Topliss-reactive ketones (excluding diaryl/α,β-unsaturated/α-hetero) is 1. The van der Waals surface area contributed by atoms with Gasteiger partial charge in [-0.2, -0.15) is 0 Å². The predicted octanol–water partition coefficient (Wildman–Crippen LogP) is 0.496. The Hall–Kier alpha value is -0.450. The first-order valence-corrected chi connectivity index (χ1v) is 4.74. The van der Waals surface area contributed by atoms with Crippen LogP contribution in [0.1, 0.15) is 19.8 Å². The molecule has 0 aromatic heterocycles.